The highest BCUT2D eigenvalue weighted by atomic mass is 16.6. The van der Waals surface area contributed by atoms with E-state index in [0.29, 0.717) is 19.6 Å². The van der Waals surface area contributed by atoms with Crippen molar-refractivity contribution in [3.8, 4) is 0 Å². The lowest BCUT2D eigenvalue weighted by Gasteiger charge is -2.40. The van der Waals surface area contributed by atoms with Crippen LogP contribution in [0.25, 0.3) is 0 Å². The molecule has 2 aliphatic heterocycles. The van der Waals surface area contributed by atoms with Gasteiger partial charge in [0, 0.05) is 19.6 Å². The van der Waals surface area contributed by atoms with Crippen molar-refractivity contribution in [2.75, 3.05) is 33.3 Å². The topological polar surface area (TPSA) is 97.6 Å². The van der Waals surface area contributed by atoms with Gasteiger partial charge in [-0.25, -0.2) is 4.79 Å². The molecule has 0 spiro atoms. The van der Waals surface area contributed by atoms with Crippen LogP contribution in [0.2, 0.25) is 0 Å². The van der Waals surface area contributed by atoms with Crippen LogP contribution in [0.15, 0.2) is 0 Å². The third kappa shape index (κ3) is 4.31. The Kier molecular flexibility index (Phi) is 4.93. The smallest absolute Gasteiger partial charge is 0.410 e. The average Bonchev–Trinajstić information content (AvgIpc) is 3.13. The Balaban J connectivity index is 2.01. The maximum absolute atomic E-state index is 12.3. The SMILES string of the molecule is COC(=O)CN1CCN(C(=O)OC(C)(C)C)C(C2OC2N)C1. The fourth-order valence-electron chi connectivity index (χ4n) is 2.53. The molecule has 1 amide bonds. The largest absolute Gasteiger partial charge is 0.468 e. The zero-order valence-corrected chi connectivity index (χ0v) is 13.6. The molecule has 0 aliphatic carbocycles. The third-order valence-corrected chi connectivity index (χ3v) is 3.65. The number of hydrogen-bond donors (Lipinski definition) is 1. The molecule has 2 saturated heterocycles. The van der Waals surface area contributed by atoms with Gasteiger partial charge < -0.3 is 19.9 Å². The summed E-state index contributed by atoms with van der Waals surface area (Å²) in [7, 11) is 1.36. The Bertz CT molecular complexity index is 437. The fourth-order valence-corrected chi connectivity index (χ4v) is 2.53. The van der Waals surface area contributed by atoms with E-state index in [1.807, 2.05) is 25.7 Å². The minimum Gasteiger partial charge on any atom is -0.468 e. The van der Waals surface area contributed by atoms with Gasteiger partial charge >= 0.3 is 12.1 Å². The summed E-state index contributed by atoms with van der Waals surface area (Å²) in [6.45, 7) is 7.21. The minimum absolute atomic E-state index is 0.192. The number of amides is 1. The number of carbonyl (C=O) groups excluding carboxylic acids is 2. The van der Waals surface area contributed by atoms with Gasteiger partial charge in [-0.15, -0.1) is 0 Å². The van der Waals surface area contributed by atoms with Crippen molar-refractivity contribution in [2.24, 2.45) is 5.73 Å². The number of hydrogen-bond acceptors (Lipinski definition) is 7. The molecule has 2 fully saturated rings. The van der Waals surface area contributed by atoms with E-state index in [1.165, 1.54) is 7.11 Å². The molecule has 8 heteroatoms. The summed E-state index contributed by atoms with van der Waals surface area (Å²) in [6, 6.07) is -0.219. The highest BCUT2D eigenvalue weighted by molar-refractivity contribution is 5.72. The molecule has 3 atom stereocenters. The molecule has 0 aromatic rings. The lowest BCUT2D eigenvalue weighted by atomic mass is 10.1. The lowest BCUT2D eigenvalue weighted by molar-refractivity contribution is -0.142. The number of methoxy groups -OCH3 is 1. The molecular formula is C14H25N3O5. The van der Waals surface area contributed by atoms with E-state index < -0.39 is 5.60 Å². The summed E-state index contributed by atoms with van der Waals surface area (Å²) in [5.74, 6) is -0.300. The van der Waals surface area contributed by atoms with E-state index in [-0.39, 0.29) is 37.0 Å². The van der Waals surface area contributed by atoms with Crippen LogP contribution in [0, 0.1) is 0 Å². The summed E-state index contributed by atoms with van der Waals surface area (Å²) < 4.78 is 15.5. The molecule has 0 saturated carbocycles. The molecule has 8 nitrogen and oxygen atoms in total. The van der Waals surface area contributed by atoms with Crippen LogP contribution >= 0.6 is 0 Å². The van der Waals surface area contributed by atoms with Gasteiger partial charge in [0.25, 0.3) is 0 Å². The zero-order chi connectivity index (χ0) is 16.5. The van der Waals surface area contributed by atoms with Crippen molar-refractivity contribution in [2.45, 2.75) is 44.7 Å². The molecule has 0 radical (unpaired) electrons. The summed E-state index contributed by atoms with van der Waals surface area (Å²) in [5, 5.41) is 0. The van der Waals surface area contributed by atoms with Gasteiger partial charge in [0.05, 0.1) is 19.7 Å². The van der Waals surface area contributed by atoms with Gasteiger partial charge in [-0.3, -0.25) is 14.6 Å². The Hall–Kier alpha value is -1.38. The number of carbonyl (C=O) groups is 2. The standard InChI is InChI=1S/C14H25N3O5/c1-14(2,3)22-13(19)17-6-5-16(8-10(18)20-4)7-9(17)11-12(15)21-11/h9,11-12H,5-8,15H2,1-4H3. The Morgan fingerprint density at radius 1 is 1.32 bits per heavy atom. The van der Waals surface area contributed by atoms with Gasteiger partial charge in [-0.1, -0.05) is 0 Å². The summed E-state index contributed by atoms with van der Waals surface area (Å²) in [6.07, 6.45) is -0.959. The first kappa shape index (κ1) is 17.0. The van der Waals surface area contributed by atoms with Gasteiger partial charge in [0.2, 0.25) is 0 Å². The average molecular weight is 315 g/mol. The van der Waals surface area contributed by atoms with Crippen molar-refractivity contribution >= 4 is 12.1 Å². The van der Waals surface area contributed by atoms with Gasteiger partial charge in [-0.05, 0) is 20.8 Å². The number of nitrogens with zero attached hydrogens (tertiary/aromatic N) is 2. The van der Waals surface area contributed by atoms with Crippen LogP contribution in [0.3, 0.4) is 0 Å². The van der Waals surface area contributed by atoms with E-state index in [0.717, 1.165) is 0 Å². The normalized spacial score (nSPS) is 29.1. The van der Waals surface area contributed by atoms with Gasteiger partial charge in [0.15, 0.2) is 0 Å². The Morgan fingerprint density at radius 2 is 1.95 bits per heavy atom. The first-order valence-corrected chi connectivity index (χ1v) is 7.41. The molecule has 22 heavy (non-hydrogen) atoms. The number of nitrogens with two attached hydrogens (primary N) is 1. The van der Waals surface area contributed by atoms with E-state index >= 15 is 0 Å². The van der Waals surface area contributed by atoms with Crippen LogP contribution in [-0.4, -0.2) is 79.1 Å². The van der Waals surface area contributed by atoms with E-state index in [9.17, 15) is 9.59 Å². The fraction of sp³-hybridized carbons (Fsp3) is 0.857. The molecule has 2 heterocycles. The van der Waals surface area contributed by atoms with E-state index in [1.54, 1.807) is 4.90 Å². The maximum Gasteiger partial charge on any atom is 0.410 e. The second kappa shape index (κ2) is 6.39. The summed E-state index contributed by atoms with van der Waals surface area (Å²) in [5.41, 5.74) is 5.19. The molecule has 2 aliphatic rings. The monoisotopic (exact) mass is 315 g/mol. The predicted octanol–water partition coefficient (Wildman–Crippen LogP) is -0.236. The lowest BCUT2D eigenvalue weighted by Crippen LogP contribution is -2.59. The van der Waals surface area contributed by atoms with Crippen molar-refractivity contribution < 1.29 is 23.8 Å². The van der Waals surface area contributed by atoms with E-state index in [2.05, 4.69) is 4.74 Å². The first-order valence-electron chi connectivity index (χ1n) is 7.41. The Morgan fingerprint density at radius 3 is 2.45 bits per heavy atom. The molecule has 3 unspecified atom stereocenters. The van der Waals surface area contributed by atoms with Crippen LogP contribution in [0.4, 0.5) is 4.79 Å². The first-order chi connectivity index (χ1) is 10.2. The van der Waals surface area contributed by atoms with Crippen LogP contribution in [0.5, 0.6) is 0 Å². The molecule has 0 bridgehead atoms. The van der Waals surface area contributed by atoms with Crippen LogP contribution in [0.1, 0.15) is 20.8 Å². The number of epoxide rings is 1. The van der Waals surface area contributed by atoms with Gasteiger partial charge in [-0.2, -0.15) is 0 Å². The highest BCUT2D eigenvalue weighted by Gasteiger charge is 2.49. The van der Waals surface area contributed by atoms with Crippen LogP contribution in [-0.2, 0) is 19.0 Å². The third-order valence-electron chi connectivity index (χ3n) is 3.65. The molecule has 0 aromatic heterocycles. The second-order valence-electron chi connectivity index (χ2n) is 6.62. The summed E-state index contributed by atoms with van der Waals surface area (Å²) >= 11 is 0. The summed E-state index contributed by atoms with van der Waals surface area (Å²) in [4.78, 5) is 27.3. The maximum atomic E-state index is 12.3. The number of rotatable bonds is 3. The minimum atomic E-state index is -0.558. The van der Waals surface area contributed by atoms with Crippen molar-refractivity contribution in [1.82, 2.24) is 9.80 Å². The predicted molar refractivity (Wildman–Crippen MR) is 78.0 cm³/mol. The molecule has 2 N–H and O–H groups in total. The van der Waals surface area contributed by atoms with Gasteiger partial charge in [0.1, 0.15) is 17.9 Å². The molecule has 126 valence electrons. The van der Waals surface area contributed by atoms with E-state index in [4.69, 9.17) is 15.2 Å². The molecular weight excluding hydrogens is 290 g/mol. The zero-order valence-electron chi connectivity index (χ0n) is 13.6. The highest BCUT2D eigenvalue weighted by Crippen LogP contribution is 2.28. The van der Waals surface area contributed by atoms with Crippen molar-refractivity contribution in [3.63, 3.8) is 0 Å². The quantitative estimate of drug-likeness (QED) is 0.567. The second-order valence-corrected chi connectivity index (χ2v) is 6.62. The Labute approximate surface area is 130 Å². The number of esters is 1. The van der Waals surface area contributed by atoms with Crippen molar-refractivity contribution in [3.05, 3.63) is 0 Å². The van der Waals surface area contributed by atoms with Crippen LogP contribution < -0.4 is 5.73 Å². The molecule has 0 aromatic carbocycles. The number of ether oxygens (including phenoxy) is 3. The number of piperazine rings is 1. The van der Waals surface area contributed by atoms with Crippen molar-refractivity contribution in [1.29, 1.82) is 0 Å². The molecule has 2 rings (SSSR count).